The lowest BCUT2D eigenvalue weighted by molar-refractivity contribution is -0.0786. The average Bonchev–Trinajstić information content (AvgIpc) is 2.96. The first kappa shape index (κ1) is 14.0. The Kier molecular flexibility index (Phi) is 4.33. The molecule has 1 aliphatic heterocycles. The number of ether oxygens (including phenoxy) is 1. The molecule has 1 aromatic heterocycles. The van der Waals surface area contributed by atoms with E-state index in [1.54, 1.807) is 6.33 Å². The van der Waals surface area contributed by atoms with E-state index in [4.69, 9.17) is 4.74 Å². The second-order valence-corrected chi connectivity index (χ2v) is 5.75. The van der Waals surface area contributed by atoms with Gasteiger partial charge in [-0.2, -0.15) is 0 Å². The summed E-state index contributed by atoms with van der Waals surface area (Å²) in [5.41, 5.74) is 0. The summed E-state index contributed by atoms with van der Waals surface area (Å²) >= 11 is 0. The smallest absolute Gasteiger partial charge is 0.163 e. The molecule has 1 N–H and O–H groups in total. The molecule has 3 rings (SSSR count). The molecular formula is C14H24N4O2. The van der Waals surface area contributed by atoms with Crippen molar-refractivity contribution in [2.24, 2.45) is 0 Å². The fourth-order valence-electron chi connectivity index (χ4n) is 3.40. The number of morpholine rings is 1. The number of aliphatic hydroxyl groups excluding tert-OH is 1. The summed E-state index contributed by atoms with van der Waals surface area (Å²) in [7, 11) is 0. The van der Waals surface area contributed by atoms with Crippen molar-refractivity contribution in [3.63, 3.8) is 0 Å². The third kappa shape index (κ3) is 2.73. The zero-order valence-corrected chi connectivity index (χ0v) is 12.1. The van der Waals surface area contributed by atoms with Gasteiger partial charge in [0.2, 0.25) is 0 Å². The molecule has 0 radical (unpaired) electrons. The number of aliphatic hydroxyl groups is 1. The highest BCUT2D eigenvalue weighted by Crippen LogP contribution is 2.28. The molecule has 2 fully saturated rings. The van der Waals surface area contributed by atoms with E-state index in [0.717, 1.165) is 44.7 Å². The van der Waals surface area contributed by atoms with Gasteiger partial charge in [0, 0.05) is 25.7 Å². The fraction of sp³-hybridized carbons (Fsp3) is 0.857. The maximum Gasteiger partial charge on any atom is 0.163 e. The van der Waals surface area contributed by atoms with Crippen LogP contribution in [0.15, 0.2) is 6.33 Å². The molecule has 0 aromatic carbocycles. The molecule has 0 amide bonds. The predicted octanol–water partition coefficient (Wildman–Crippen LogP) is 0.975. The van der Waals surface area contributed by atoms with Gasteiger partial charge in [-0.05, 0) is 19.8 Å². The van der Waals surface area contributed by atoms with Crippen LogP contribution < -0.4 is 0 Å². The van der Waals surface area contributed by atoms with Crippen LogP contribution in [0.4, 0.5) is 0 Å². The topological polar surface area (TPSA) is 63.4 Å². The molecule has 1 aromatic rings. The van der Waals surface area contributed by atoms with Crippen LogP contribution in [-0.4, -0.2) is 56.6 Å². The molecule has 0 unspecified atom stereocenters. The van der Waals surface area contributed by atoms with Crippen molar-refractivity contribution in [1.29, 1.82) is 0 Å². The fourth-order valence-corrected chi connectivity index (χ4v) is 3.40. The Morgan fingerprint density at radius 3 is 3.05 bits per heavy atom. The number of aromatic nitrogens is 3. The molecule has 2 heterocycles. The molecule has 2 aliphatic rings. The van der Waals surface area contributed by atoms with Crippen LogP contribution in [0.2, 0.25) is 0 Å². The summed E-state index contributed by atoms with van der Waals surface area (Å²) < 4.78 is 7.91. The number of rotatable bonds is 3. The van der Waals surface area contributed by atoms with Crippen molar-refractivity contribution < 1.29 is 9.84 Å². The maximum absolute atomic E-state index is 10.2. The molecule has 3 atom stereocenters. The van der Waals surface area contributed by atoms with Crippen LogP contribution in [0.5, 0.6) is 0 Å². The first-order valence-corrected chi connectivity index (χ1v) is 7.71. The van der Waals surface area contributed by atoms with Gasteiger partial charge >= 0.3 is 0 Å². The Balaban J connectivity index is 1.70. The van der Waals surface area contributed by atoms with E-state index in [-0.39, 0.29) is 18.2 Å². The molecule has 1 saturated heterocycles. The Labute approximate surface area is 119 Å². The lowest BCUT2D eigenvalue weighted by Crippen LogP contribution is -2.51. The lowest BCUT2D eigenvalue weighted by Gasteiger charge is -2.41. The van der Waals surface area contributed by atoms with Crippen LogP contribution in [0, 0.1) is 0 Å². The van der Waals surface area contributed by atoms with Crippen molar-refractivity contribution >= 4 is 0 Å². The Bertz CT molecular complexity index is 437. The third-order valence-electron chi connectivity index (χ3n) is 4.53. The minimum Gasteiger partial charge on any atom is -0.391 e. The number of nitrogens with zero attached hydrogens (tertiary/aromatic N) is 4. The zero-order chi connectivity index (χ0) is 13.9. The molecule has 20 heavy (non-hydrogen) atoms. The number of hydrogen-bond donors (Lipinski definition) is 1. The zero-order valence-electron chi connectivity index (χ0n) is 12.1. The van der Waals surface area contributed by atoms with Crippen LogP contribution >= 0.6 is 0 Å². The molecule has 0 bridgehead atoms. The Morgan fingerprint density at radius 2 is 2.25 bits per heavy atom. The van der Waals surface area contributed by atoms with Gasteiger partial charge in [0.05, 0.1) is 12.7 Å². The van der Waals surface area contributed by atoms with E-state index in [1.807, 2.05) is 4.57 Å². The SMILES string of the molecule is CCn1cnnc1[C@@H]1CN([C@@H]2CCCC[C@@H]2O)CCO1. The molecule has 1 aliphatic carbocycles. The molecular weight excluding hydrogens is 256 g/mol. The molecule has 6 heteroatoms. The summed E-state index contributed by atoms with van der Waals surface area (Å²) in [5.74, 6) is 0.905. The Hall–Kier alpha value is -0.980. The van der Waals surface area contributed by atoms with Crippen LogP contribution in [0.3, 0.4) is 0 Å². The van der Waals surface area contributed by atoms with Crippen molar-refractivity contribution in [3.05, 3.63) is 12.2 Å². The summed E-state index contributed by atoms with van der Waals surface area (Å²) in [5, 5.41) is 18.4. The first-order chi connectivity index (χ1) is 9.79. The van der Waals surface area contributed by atoms with E-state index in [0.29, 0.717) is 6.61 Å². The van der Waals surface area contributed by atoms with Gasteiger partial charge in [-0.1, -0.05) is 12.8 Å². The van der Waals surface area contributed by atoms with Gasteiger partial charge in [-0.25, -0.2) is 0 Å². The summed E-state index contributed by atoms with van der Waals surface area (Å²) in [6.45, 7) is 5.34. The van der Waals surface area contributed by atoms with Crippen molar-refractivity contribution in [1.82, 2.24) is 19.7 Å². The normalized spacial score (nSPS) is 32.4. The van der Waals surface area contributed by atoms with E-state index in [9.17, 15) is 5.11 Å². The van der Waals surface area contributed by atoms with Gasteiger partial charge in [0.15, 0.2) is 5.82 Å². The van der Waals surface area contributed by atoms with Gasteiger partial charge in [-0.15, -0.1) is 10.2 Å². The van der Waals surface area contributed by atoms with Crippen LogP contribution in [0.1, 0.15) is 44.5 Å². The molecule has 0 spiro atoms. The van der Waals surface area contributed by atoms with Crippen molar-refractivity contribution in [3.8, 4) is 0 Å². The van der Waals surface area contributed by atoms with Gasteiger partial charge in [-0.3, -0.25) is 4.90 Å². The van der Waals surface area contributed by atoms with Gasteiger partial charge in [0.1, 0.15) is 12.4 Å². The van der Waals surface area contributed by atoms with E-state index in [2.05, 4.69) is 22.0 Å². The van der Waals surface area contributed by atoms with E-state index < -0.39 is 0 Å². The number of aryl methyl sites for hydroxylation is 1. The maximum atomic E-state index is 10.2. The monoisotopic (exact) mass is 280 g/mol. The average molecular weight is 280 g/mol. The molecule has 1 saturated carbocycles. The highest BCUT2D eigenvalue weighted by Gasteiger charge is 2.34. The van der Waals surface area contributed by atoms with Crippen LogP contribution in [-0.2, 0) is 11.3 Å². The second kappa shape index (κ2) is 6.20. The molecule has 112 valence electrons. The predicted molar refractivity (Wildman–Crippen MR) is 74.2 cm³/mol. The Morgan fingerprint density at radius 1 is 1.40 bits per heavy atom. The summed E-state index contributed by atoms with van der Waals surface area (Å²) in [4.78, 5) is 2.38. The van der Waals surface area contributed by atoms with Crippen molar-refractivity contribution in [2.75, 3.05) is 19.7 Å². The van der Waals surface area contributed by atoms with Gasteiger partial charge < -0.3 is 14.4 Å². The van der Waals surface area contributed by atoms with Crippen LogP contribution in [0.25, 0.3) is 0 Å². The summed E-state index contributed by atoms with van der Waals surface area (Å²) in [6, 6.07) is 0.285. The molecule has 6 nitrogen and oxygen atoms in total. The second-order valence-electron chi connectivity index (χ2n) is 5.75. The summed E-state index contributed by atoms with van der Waals surface area (Å²) in [6.07, 6.45) is 5.93. The largest absolute Gasteiger partial charge is 0.391 e. The van der Waals surface area contributed by atoms with Crippen molar-refractivity contribution in [2.45, 2.75) is 57.4 Å². The first-order valence-electron chi connectivity index (χ1n) is 7.71. The minimum absolute atomic E-state index is 0.0275. The van der Waals surface area contributed by atoms with E-state index in [1.165, 1.54) is 6.42 Å². The highest BCUT2D eigenvalue weighted by molar-refractivity contribution is 4.96. The highest BCUT2D eigenvalue weighted by atomic mass is 16.5. The lowest BCUT2D eigenvalue weighted by atomic mass is 9.91. The standard InChI is InChI=1S/C14H24N4O2/c1-2-17-10-15-16-14(17)13-9-18(7-8-20-13)11-5-3-4-6-12(11)19/h10-13,19H,2-9H2,1H3/t11-,12+,13+/m1/s1. The third-order valence-corrected chi connectivity index (χ3v) is 4.53. The number of hydrogen-bond acceptors (Lipinski definition) is 5. The minimum atomic E-state index is -0.188. The van der Waals surface area contributed by atoms with Gasteiger partial charge in [0.25, 0.3) is 0 Å². The van der Waals surface area contributed by atoms with E-state index >= 15 is 0 Å². The quantitative estimate of drug-likeness (QED) is 0.894.